The molecule has 0 unspecified atom stereocenters. The molecule has 3 N–H and O–H groups in total. The number of hydrogen-bond acceptors (Lipinski definition) is 7. The zero-order chi connectivity index (χ0) is 26.1. The molecule has 5 fully saturated rings. The minimum absolute atomic E-state index is 0.0217. The van der Waals surface area contributed by atoms with Crippen LogP contribution >= 0.6 is 0 Å². The number of rotatable bonds is 2. The van der Waals surface area contributed by atoms with Crippen LogP contribution < -0.4 is 0 Å². The van der Waals surface area contributed by atoms with Crippen molar-refractivity contribution in [2.24, 2.45) is 34.5 Å². The maximum absolute atomic E-state index is 12.1. The van der Waals surface area contributed by atoms with Crippen molar-refractivity contribution < 1.29 is 34.3 Å². The molecular formula is C29H44O7. The summed E-state index contributed by atoms with van der Waals surface area (Å²) < 4.78 is 19.3. The number of carbonyl (C=O) groups is 1. The minimum Gasteiger partial charge on any atom is -0.459 e. The van der Waals surface area contributed by atoms with Crippen molar-refractivity contribution in [2.75, 3.05) is 0 Å². The van der Waals surface area contributed by atoms with Crippen LogP contribution in [0.25, 0.3) is 0 Å². The smallest absolute Gasteiger partial charge is 0.303 e. The van der Waals surface area contributed by atoms with Crippen molar-refractivity contribution in [3.05, 3.63) is 12.2 Å². The van der Waals surface area contributed by atoms with Gasteiger partial charge in [0.05, 0.1) is 17.8 Å². The highest BCUT2D eigenvalue weighted by Crippen LogP contribution is 2.72. The molecule has 36 heavy (non-hydrogen) atoms. The number of aliphatic hydroxyl groups excluding tert-OH is 1. The number of fused-ring (bicyclic) bond motifs is 10. The van der Waals surface area contributed by atoms with E-state index in [4.69, 9.17) is 14.2 Å². The van der Waals surface area contributed by atoms with E-state index in [9.17, 15) is 20.1 Å². The summed E-state index contributed by atoms with van der Waals surface area (Å²) in [6.07, 6.45) is 8.28. The fourth-order valence-electron chi connectivity index (χ4n) is 10.1. The zero-order valence-electron chi connectivity index (χ0n) is 22.6. The molecule has 6 aliphatic rings. The molecule has 0 radical (unpaired) electrons. The molecule has 7 nitrogen and oxygen atoms in total. The van der Waals surface area contributed by atoms with Crippen LogP contribution in [0, 0.1) is 34.5 Å². The Kier molecular flexibility index (Phi) is 5.16. The fourth-order valence-corrected chi connectivity index (χ4v) is 10.1. The molecule has 2 bridgehead atoms. The molecule has 0 aromatic rings. The third kappa shape index (κ3) is 3.01. The highest BCUT2D eigenvalue weighted by Gasteiger charge is 2.76. The summed E-state index contributed by atoms with van der Waals surface area (Å²) in [4.78, 5) is 12.1. The summed E-state index contributed by atoms with van der Waals surface area (Å²) >= 11 is 0. The topological polar surface area (TPSA) is 105 Å². The molecule has 2 heterocycles. The van der Waals surface area contributed by atoms with E-state index >= 15 is 0 Å². The van der Waals surface area contributed by atoms with Crippen molar-refractivity contribution in [2.45, 2.75) is 127 Å². The molecule has 0 amide bonds. The number of aliphatic hydroxyl groups is 3. The lowest BCUT2D eigenvalue weighted by atomic mass is 9.45. The van der Waals surface area contributed by atoms with E-state index in [0.717, 1.165) is 32.1 Å². The van der Waals surface area contributed by atoms with Gasteiger partial charge in [0.25, 0.3) is 0 Å². The van der Waals surface area contributed by atoms with Gasteiger partial charge in [-0.25, -0.2) is 0 Å². The fraction of sp³-hybridized carbons (Fsp3) is 0.897. The molecule has 2 aliphatic heterocycles. The van der Waals surface area contributed by atoms with E-state index in [-0.39, 0.29) is 28.8 Å². The van der Waals surface area contributed by atoms with E-state index in [2.05, 4.69) is 26.8 Å². The van der Waals surface area contributed by atoms with E-state index in [1.165, 1.54) is 6.92 Å². The maximum atomic E-state index is 12.1. The van der Waals surface area contributed by atoms with Crippen LogP contribution in [0.15, 0.2) is 12.2 Å². The number of hydrogen-bond donors (Lipinski definition) is 3. The van der Waals surface area contributed by atoms with Crippen LogP contribution in [-0.2, 0) is 19.0 Å². The maximum Gasteiger partial charge on any atom is 0.303 e. The Morgan fingerprint density at radius 1 is 1.11 bits per heavy atom. The van der Waals surface area contributed by atoms with Gasteiger partial charge in [0.2, 0.25) is 5.79 Å². The first-order chi connectivity index (χ1) is 16.6. The Labute approximate surface area is 214 Å². The Morgan fingerprint density at radius 2 is 1.83 bits per heavy atom. The number of ether oxygens (including phenoxy) is 3. The Bertz CT molecular complexity index is 989. The van der Waals surface area contributed by atoms with Crippen molar-refractivity contribution >= 4 is 5.97 Å². The lowest BCUT2D eigenvalue weighted by molar-refractivity contribution is -0.384. The zero-order valence-corrected chi connectivity index (χ0v) is 22.6. The number of esters is 1. The standard InChI is InChI=1S/C29H44O7/c1-16(30)34-22-15-29(24(2,3)32)35-21-13-20-18-8-12-28(33)14-17(31)7-11-26(28,5)19(18)9-10-25(20,4)23(21)27(22,6)36-29/h8,12,17-23,31-33H,7,9-11,13-15H2,1-6H3/t17-,18+,19-,20-,21-,22+,23-,25-,26+,27-,28+,29-/m0/s1. The molecule has 0 aromatic heterocycles. The summed E-state index contributed by atoms with van der Waals surface area (Å²) in [5, 5.41) is 33.2. The molecule has 4 aliphatic carbocycles. The van der Waals surface area contributed by atoms with E-state index < -0.39 is 34.8 Å². The monoisotopic (exact) mass is 504 g/mol. The van der Waals surface area contributed by atoms with Crippen LogP contribution in [-0.4, -0.2) is 62.2 Å². The number of allylic oxidation sites excluding steroid dienone is 1. The summed E-state index contributed by atoms with van der Waals surface area (Å²) in [5.74, 6) is -0.589. The SMILES string of the molecule is CC(=O)O[C@@H]1C[C@]2(C(C)(C)O)O[C@H]3C[C@H]4[C@@H]5C=C[C@@]6(O)C[C@@H](O)CC[C@]6(C)[C@H]5CC[C@]4(C)[C@H]3[C@@]1(C)O2. The summed E-state index contributed by atoms with van der Waals surface area (Å²) in [6, 6.07) is 0. The third-order valence-corrected chi connectivity index (χ3v) is 12.0. The Morgan fingerprint density at radius 3 is 2.50 bits per heavy atom. The molecule has 6 rings (SSSR count). The van der Waals surface area contributed by atoms with Gasteiger partial charge < -0.3 is 29.5 Å². The van der Waals surface area contributed by atoms with Crippen LogP contribution in [0.1, 0.15) is 86.5 Å². The van der Waals surface area contributed by atoms with Gasteiger partial charge in [-0.15, -0.1) is 0 Å². The molecule has 0 aromatic carbocycles. The van der Waals surface area contributed by atoms with Crippen LogP contribution in [0.5, 0.6) is 0 Å². The Balaban J connectivity index is 1.40. The molecule has 12 atom stereocenters. The normalized spacial score (nSPS) is 57.4. The minimum atomic E-state index is -1.26. The predicted molar refractivity (Wildman–Crippen MR) is 132 cm³/mol. The van der Waals surface area contributed by atoms with Crippen molar-refractivity contribution in [3.8, 4) is 0 Å². The van der Waals surface area contributed by atoms with Crippen LogP contribution in [0.4, 0.5) is 0 Å². The first-order valence-corrected chi connectivity index (χ1v) is 14.0. The van der Waals surface area contributed by atoms with Crippen molar-refractivity contribution in [3.63, 3.8) is 0 Å². The average Bonchev–Trinajstić information content (AvgIpc) is 3.17. The third-order valence-electron chi connectivity index (χ3n) is 12.0. The van der Waals surface area contributed by atoms with Crippen LogP contribution in [0.3, 0.4) is 0 Å². The van der Waals surface area contributed by atoms with Gasteiger partial charge in [-0.1, -0.05) is 26.0 Å². The van der Waals surface area contributed by atoms with Crippen molar-refractivity contribution in [1.82, 2.24) is 0 Å². The predicted octanol–water partition coefficient (Wildman–Crippen LogP) is 3.48. The second kappa shape index (κ2) is 7.35. The molecule has 3 saturated carbocycles. The molecule has 0 spiro atoms. The van der Waals surface area contributed by atoms with Crippen LogP contribution in [0.2, 0.25) is 0 Å². The largest absolute Gasteiger partial charge is 0.459 e. The highest BCUT2D eigenvalue weighted by atomic mass is 16.8. The van der Waals surface area contributed by atoms with E-state index in [0.29, 0.717) is 30.6 Å². The molecule has 202 valence electrons. The van der Waals surface area contributed by atoms with Gasteiger partial charge >= 0.3 is 5.97 Å². The van der Waals surface area contributed by atoms with Gasteiger partial charge in [0.15, 0.2) is 0 Å². The first kappa shape index (κ1) is 25.3. The summed E-state index contributed by atoms with van der Waals surface area (Å²) in [7, 11) is 0. The van der Waals surface area contributed by atoms with E-state index in [1.807, 2.05) is 6.08 Å². The second-order valence-electron chi connectivity index (χ2n) is 14.2. The molecular weight excluding hydrogens is 460 g/mol. The molecule has 2 saturated heterocycles. The van der Waals surface area contributed by atoms with E-state index in [1.54, 1.807) is 13.8 Å². The van der Waals surface area contributed by atoms with Gasteiger partial charge in [0.1, 0.15) is 17.3 Å². The first-order valence-electron chi connectivity index (χ1n) is 14.0. The summed E-state index contributed by atoms with van der Waals surface area (Å²) in [5.41, 5.74) is -3.36. The number of carbonyl (C=O) groups excluding carboxylic acids is 1. The summed E-state index contributed by atoms with van der Waals surface area (Å²) in [6.45, 7) is 11.5. The Hall–Kier alpha value is -0.990. The molecule has 7 heteroatoms. The quantitative estimate of drug-likeness (QED) is 0.391. The lowest BCUT2D eigenvalue weighted by Gasteiger charge is -2.62. The average molecular weight is 505 g/mol. The highest BCUT2D eigenvalue weighted by molar-refractivity contribution is 5.66. The second-order valence-corrected chi connectivity index (χ2v) is 14.2. The van der Waals surface area contributed by atoms with Crippen molar-refractivity contribution in [1.29, 1.82) is 0 Å². The van der Waals surface area contributed by atoms with Gasteiger partial charge in [0, 0.05) is 31.1 Å². The van der Waals surface area contributed by atoms with Gasteiger partial charge in [-0.3, -0.25) is 4.79 Å². The van der Waals surface area contributed by atoms with Gasteiger partial charge in [-0.2, -0.15) is 0 Å². The lowest BCUT2D eigenvalue weighted by Crippen LogP contribution is -2.64. The van der Waals surface area contributed by atoms with Gasteiger partial charge in [-0.05, 0) is 76.0 Å².